The first-order valence-corrected chi connectivity index (χ1v) is 8.95. The maximum Gasteiger partial charge on any atom is 0.0998 e. The maximum atomic E-state index is 9.56. The number of rotatable bonds is 2. The van der Waals surface area contributed by atoms with Crippen molar-refractivity contribution in [3.05, 3.63) is 64.2 Å². The zero-order valence-corrected chi connectivity index (χ0v) is 15.9. The molecule has 1 atom stereocenters. The summed E-state index contributed by atoms with van der Waals surface area (Å²) in [5.74, 6) is 0.492. The van der Waals surface area contributed by atoms with Crippen LogP contribution in [0.25, 0.3) is 11.6 Å². The van der Waals surface area contributed by atoms with E-state index in [2.05, 4.69) is 57.0 Å². The molecule has 0 aromatic heterocycles. The van der Waals surface area contributed by atoms with Crippen molar-refractivity contribution < 1.29 is 0 Å². The lowest BCUT2D eigenvalue weighted by Crippen LogP contribution is -2.45. The van der Waals surface area contributed by atoms with Crippen molar-refractivity contribution in [1.29, 1.82) is 5.26 Å². The van der Waals surface area contributed by atoms with E-state index in [1.54, 1.807) is 0 Å². The van der Waals surface area contributed by atoms with Crippen molar-refractivity contribution in [3.8, 4) is 6.07 Å². The Hall–Kier alpha value is -2.24. The summed E-state index contributed by atoms with van der Waals surface area (Å²) in [6, 6.07) is 16.2. The minimum Gasteiger partial charge on any atom is -0.369 e. The van der Waals surface area contributed by atoms with E-state index >= 15 is 0 Å². The van der Waals surface area contributed by atoms with Crippen molar-refractivity contribution in [2.75, 3.05) is 11.9 Å². The zero-order chi connectivity index (χ0) is 18.2. The van der Waals surface area contributed by atoms with Crippen LogP contribution < -0.4 is 4.90 Å². The molecule has 2 nitrogen and oxygen atoms in total. The summed E-state index contributed by atoms with van der Waals surface area (Å²) >= 11 is 6.06. The molecule has 1 aliphatic heterocycles. The molecule has 0 aliphatic carbocycles. The van der Waals surface area contributed by atoms with E-state index in [9.17, 15) is 5.26 Å². The Labute approximate surface area is 155 Å². The number of hydrogen-bond acceptors (Lipinski definition) is 2. The van der Waals surface area contributed by atoms with Crippen LogP contribution in [0.3, 0.4) is 0 Å². The predicted molar refractivity (Wildman–Crippen MR) is 107 cm³/mol. The van der Waals surface area contributed by atoms with E-state index in [0.29, 0.717) is 16.5 Å². The third-order valence-electron chi connectivity index (χ3n) is 5.22. The smallest absolute Gasteiger partial charge is 0.0998 e. The van der Waals surface area contributed by atoms with Gasteiger partial charge in [0, 0.05) is 23.3 Å². The van der Waals surface area contributed by atoms with Crippen molar-refractivity contribution in [2.24, 2.45) is 0 Å². The first-order valence-electron chi connectivity index (χ1n) is 8.57. The fraction of sp³-hybridized carbons (Fsp3) is 0.318. The number of hydrogen-bond donors (Lipinski definition) is 0. The van der Waals surface area contributed by atoms with Crippen LogP contribution in [0, 0.1) is 11.3 Å². The Morgan fingerprint density at radius 3 is 2.72 bits per heavy atom. The largest absolute Gasteiger partial charge is 0.369 e. The molecule has 128 valence electrons. The van der Waals surface area contributed by atoms with E-state index in [-0.39, 0.29) is 5.54 Å². The van der Waals surface area contributed by atoms with Crippen molar-refractivity contribution >= 4 is 28.9 Å². The normalized spacial score (nSPS) is 19.3. The second kappa shape index (κ2) is 6.58. The first-order chi connectivity index (χ1) is 11.8. The van der Waals surface area contributed by atoms with E-state index < -0.39 is 0 Å². The molecule has 2 aromatic carbocycles. The van der Waals surface area contributed by atoms with Gasteiger partial charge in [0.2, 0.25) is 0 Å². The van der Waals surface area contributed by atoms with Gasteiger partial charge in [-0.2, -0.15) is 5.26 Å². The molecule has 1 aliphatic rings. The minimum atomic E-state index is 0.155. The van der Waals surface area contributed by atoms with Crippen LogP contribution in [-0.2, 0) is 0 Å². The van der Waals surface area contributed by atoms with Crippen LogP contribution in [-0.4, -0.2) is 12.6 Å². The van der Waals surface area contributed by atoms with Gasteiger partial charge in [0.25, 0.3) is 0 Å². The van der Waals surface area contributed by atoms with Crippen LogP contribution in [0.2, 0.25) is 5.02 Å². The van der Waals surface area contributed by atoms with Crippen LogP contribution in [0.4, 0.5) is 5.69 Å². The molecule has 0 saturated carbocycles. The van der Waals surface area contributed by atoms with Gasteiger partial charge in [-0.05, 0) is 73.2 Å². The number of anilines is 1. The van der Waals surface area contributed by atoms with Gasteiger partial charge >= 0.3 is 0 Å². The number of allylic oxidation sites excluding steroid dienone is 1. The molecule has 25 heavy (non-hydrogen) atoms. The van der Waals surface area contributed by atoms with Crippen molar-refractivity contribution in [3.63, 3.8) is 0 Å². The summed E-state index contributed by atoms with van der Waals surface area (Å²) in [4.78, 5) is 2.36. The summed E-state index contributed by atoms with van der Waals surface area (Å²) in [5, 5.41) is 10.2. The molecule has 0 N–H and O–H groups in total. The molecule has 0 spiro atoms. The van der Waals surface area contributed by atoms with E-state index in [0.717, 1.165) is 17.5 Å². The summed E-state index contributed by atoms with van der Waals surface area (Å²) < 4.78 is 0. The third-order valence-corrected chi connectivity index (χ3v) is 5.46. The average Bonchev–Trinajstić information content (AvgIpc) is 2.57. The highest BCUT2D eigenvalue weighted by atomic mass is 35.5. The highest BCUT2D eigenvalue weighted by Crippen LogP contribution is 2.42. The molecular formula is C22H23ClN2. The SMILES string of the molecule is CC1CC(C)(C)N(C)c2ccc(/C=C(/C#N)c3cccc(Cl)c3)cc21. The number of fused-ring (bicyclic) bond motifs is 1. The Bertz CT molecular complexity index is 874. The number of benzene rings is 2. The summed E-state index contributed by atoms with van der Waals surface area (Å²) in [6.45, 7) is 6.85. The summed E-state index contributed by atoms with van der Waals surface area (Å²) in [7, 11) is 2.16. The molecule has 3 heteroatoms. The fourth-order valence-electron chi connectivity index (χ4n) is 3.69. The lowest BCUT2D eigenvalue weighted by molar-refractivity contribution is 0.395. The summed E-state index contributed by atoms with van der Waals surface area (Å²) in [6.07, 6.45) is 3.06. The van der Waals surface area contributed by atoms with E-state index in [4.69, 9.17) is 11.6 Å². The standard InChI is InChI=1S/C22H23ClN2/c1-15-13-22(2,3)25(4)21-9-8-16(11-20(15)21)10-18(14-24)17-6-5-7-19(23)12-17/h5-12,15H,13H2,1-4H3/b18-10-. The highest BCUT2D eigenvalue weighted by molar-refractivity contribution is 6.30. The third kappa shape index (κ3) is 3.43. The van der Waals surface area contributed by atoms with E-state index in [1.165, 1.54) is 11.3 Å². The molecule has 0 fully saturated rings. The zero-order valence-electron chi connectivity index (χ0n) is 15.2. The Morgan fingerprint density at radius 2 is 2.04 bits per heavy atom. The number of nitriles is 1. The molecule has 3 rings (SSSR count). The average molecular weight is 351 g/mol. The number of halogens is 1. The molecular weight excluding hydrogens is 328 g/mol. The Balaban J connectivity index is 2.03. The van der Waals surface area contributed by atoms with Gasteiger partial charge < -0.3 is 4.90 Å². The van der Waals surface area contributed by atoms with Crippen molar-refractivity contribution in [2.45, 2.75) is 38.6 Å². The van der Waals surface area contributed by atoms with Gasteiger partial charge in [-0.25, -0.2) is 0 Å². The van der Waals surface area contributed by atoms with Gasteiger partial charge in [-0.15, -0.1) is 0 Å². The monoisotopic (exact) mass is 350 g/mol. The van der Waals surface area contributed by atoms with Gasteiger partial charge in [0.05, 0.1) is 11.6 Å². The molecule has 0 amide bonds. The molecule has 2 aromatic rings. The van der Waals surface area contributed by atoms with Crippen LogP contribution >= 0.6 is 11.6 Å². The molecule has 1 unspecified atom stereocenters. The topological polar surface area (TPSA) is 27.0 Å². The number of nitrogens with zero attached hydrogens (tertiary/aromatic N) is 2. The first kappa shape index (κ1) is 17.6. The van der Waals surface area contributed by atoms with Crippen LogP contribution in [0.1, 0.15) is 49.8 Å². The second-order valence-electron chi connectivity index (χ2n) is 7.48. The lowest BCUT2D eigenvalue weighted by Gasteiger charge is -2.45. The predicted octanol–water partition coefficient (Wildman–Crippen LogP) is 6.13. The van der Waals surface area contributed by atoms with Gasteiger partial charge in [0.15, 0.2) is 0 Å². The Morgan fingerprint density at radius 1 is 1.28 bits per heavy atom. The van der Waals surface area contributed by atoms with Gasteiger partial charge in [-0.1, -0.05) is 36.7 Å². The molecule has 0 radical (unpaired) electrons. The molecule has 0 saturated heterocycles. The molecule has 0 bridgehead atoms. The van der Waals surface area contributed by atoms with Crippen molar-refractivity contribution in [1.82, 2.24) is 0 Å². The quantitative estimate of drug-likeness (QED) is 0.481. The van der Waals surface area contributed by atoms with Crippen LogP contribution in [0.5, 0.6) is 0 Å². The fourth-order valence-corrected chi connectivity index (χ4v) is 3.88. The van der Waals surface area contributed by atoms with Gasteiger partial charge in [0.1, 0.15) is 0 Å². The van der Waals surface area contributed by atoms with Crippen LogP contribution in [0.15, 0.2) is 42.5 Å². The second-order valence-corrected chi connectivity index (χ2v) is 7.91. The summed E-state index contributed by atoms with van der Waals surface area (Å²) in [5.41, 5.74) is 5.30. The van der Waals surface area contributed by atoms with E-state index in [1.807, 2.05) is 30.3 Å². The highest BCUT2D eigenvalue weighted by Gasteiger charge is 2.33. The van der Waals surface area contributed by atoms with Gasteiger partial charge in [-0.3, -0.25) is 0 Å². The minimum absolute atomic E-state index is 0.155. The molecule has 1 heterocycles. The Kier molecular flexibility index (Phi) is 4.62. The lowest BCUT2D eigenvalue weighted by atomic mass is 9.80. The maximum absolute atomic E-state index is 9.56.